The smallest absolute Gasteiger partial charge is 0.410 e. The number of amides is 1. The fourth-order valence-corrected chi connectivity index (χ4v) is 2.50. The largest absolute Gasteiger partial charge is 0.495 e. The first-order valence-corrected chi connectivity index (χ1v) is 7.73. The average molecular weight is 333 g/mol. The molecule has 24 heavy (non-hydrogen) atoms. The highest BCUT2D eigenvalue weighted by Gasteiger charge is 2.25. The number of nitrogens with zero attached hydrogens (tertiary/aromatic N) is 2. The molecular formula is C17H23N3O4. The molecule has 0 fully saturated rings. The van der Waals surface area contributed by atoms with Crippen molar-refractivity contribution in [2.45, 2.75) is 32.8 Å². The van der Waals surface area contributed by atoms with Crippen molar-refractivity contribution in [3.05, 3.63) is 28.7 Å². The highest BCUT2D eigenvalue weighted by atomic mass is 16.6. The van der Waals surface area contributed by atoms with Crippen LogP contribution in [0.4, 0.5) is 16.2 Å². The Balaban J connectivity index is 2.21. The predicted molar refractivity (Wildman–Crippen MR) is 93.3 cm³/mol. The third-order valence-electron chi connectivity index (χ3n) is 3.65. The molecule has 1 heterocycles. The summed E-state index contributed by atoms with van der Waals surface area (Å²) in [7, 11) is 1.52. The summed E-state index contributed by atoms with van der Waals surface area (Å²) in [4.78, 5) is 24.8. The van der Waals surface area contributed by atoms with E-state index in [0.29, 0.717) is 36.5 Å². The minimum absolute atomic E-state index is 0.269. The molecule has 1 amide bonds. The third kappa shape index (κ3) is 4.04. The van der Waals surface area contributed by atoms with Crippen LogP contribution >= 0.6 is 0 Å². The molecule has 0 saturated carbocycles. The van der Waals surface area contributed by atoms with Crippen molar-refractivity contribution in [3.63, 3.8) is 0 Å². The second-order valence-corrected chi connectivity index (χ2v) is 6.61. The molecule has 7 heteroatoms. The zero-order valence-electron chi connectivity index (χ0n) is 14.5. The first kappa shape index (κ1) is 17.8. The number of nitroso groups, excluding NO2 is 1. The molecule has 2 N–H and O–H groups in total. The van der Waals surface area contributed by atoms with Crippen molar-refractivity contribution in [2.24, 2.45) is 5.18 Å². The number of benzene rings is 1. The Hall–Kier alpha value is -2.57. The third-order valence-corrected chi connectivity index (χ3v) is 3.65. The molecular weight excluding hydrogens is 310 g/mol. The summed E-state index contributed by atoms with van der Waals surface area (Å²) in [5.41, 5.74) is 7.53. The van der Waals surface area contributed by atoms with E-state index in [1.165, 1.54) is 13.2 Å². The fraction of sp³-hybridized carbons (Fsp3) is 0.471. The van der Waals surface area contributed by atoms with Gasteiger partial charge in [-0.1, -0.05) is 6.08 Å². The van der Waals surface area contributed by atoms with Gasteiger partial charge in [0.25, 0.3) is 0 Å². The van der Waals surface area contributed by atoms with Gasteiger partial charge >= 0.3 is 6.09 Å². The number of nitrogen functional groups attached to an aromatic ring is 1. The number of ether oxygens (including phenoxy) is 2. The molecule has 0 unspecified atom stereocenters. The van der Waals surface area contributed by atoms with E-state index in [0.717, 1.165) is 5.57 Å². The SMILES string of the molecule is COc1cc(C2=CCN(C(=O)OC(C)(C)C)CC2)c(N=O)cc1N. The molecule has 0 spiro atoms. The second-order valence-electron chi connectivity index (χ2n) is 6.61. The Kier molecular flexibility index (Phi) is 5.11. The van der Waals surface area contributed by atoms with Crippen molar-refractivity contribution in [1.82, 2.24) is 4.90 Å². The Bertz CT molecular complexity index is 677. The Morgan fingerprint density at radius 1 is 1.33 bits per heavy atom. The van der Waals surface area contributed by atoms with Gasteiger partial charge in [0.05, 0.1) is 12.8 Å². The summed E-state index contributed by atoms with van der Waals surface area (Å²) in [6.07, 6.45) is 2.14. The minimum atomic E-state index is -0.528. The molecule has 0 aromatic heterocycles. The molecule has 1 aliphatic heterocycles. The molecule has 0 atom stereocenters. The quantitative estimate of drug-likeness (QED) is 0.672. The van der Waals surface area contributed by atoms with Crippen LogP contribution in [0.1, 0.15) is 32.8 Å². The number of anilines is 1. The van der Waals surface area contributed by atoms with E-state index < -0.39 is 5.60 Å². The highest BCUT2D eigenvalue weighted by Crippen LogP contribution is 2.37. The van der Waals surface area contributed by atoms with Crippen molar-refractivity contribution in [1.29, 1.82) is 0 Å². The van der Waals surface area contributed by atoms with Gasteiger partial charge in [0, 0.05) is 18.7 Å². The van der Waals surface area contributed by atoms with E-state index in [9.17, 15) is 9.70 Å². The minimum Gasteiger partial charge on any atom is -0.495 e. The van der Waals surface area contributed by atoms with Crippen LogP contribution in [0.2, 0.25) is 0 Å². The van der Waals surface area contributed by atoms with Crippen LogP contribution in [0.25, 0.3) is 5.57 Å². The fourth-order valence-electron chi connectivity index (χ4n) is 2.50. The Morgan fingerprint density at radius 2 is 2.04 bits per heavy atom. The molecule has 1 aliphatic rings. The zero-order chi connectivity index (χ0) is 17.9. The van der Waals surface area contributed by atoms with Gasteiger partial charge in [-0.05, 0) is 50.1 Å². The van der Waals surface area contributed by atoms with Crippen LogP contribution in [-0.4, -0.2) is 36.8 Å². The number of rotatable bonds is 3. The van der Waals surface area contributed by atoms with Gasteiger partial charge < -0.3 is 20.1 Å². The van der Waals surface area contributed by atoms with Crippen LogP contribution in [0, 0.1) is 4.91 Å². The molecule has 130 valence electrons. The van der Waals surface area contributed by atoms with Crippen molar-refractivity contribution < 1.29 is 14.3 Å². The summed E-state index contributed by atoms with van der Waals surface area (Å²) >= 11 is 0. The lowest BCUT2D eigenvalue weighted by Gasteiger charge is -2.29. The normalized spacial score (nSPS) is 14.8. The van der Waals surface area contributed by atoms with Crippen molar-refractivity contribution in [2.75, 3.05) is 25.9 Å². The van der Waals surface area contributed by atoms with E-state index in [4.69, 9.17) is 15.2 Å². The lowest BCUT2D eigenvalue weighted by molar-refractivity contribution is 0.0270. The Labute approximate surface area is 141 Å². The second kappa shape index (κ2) is 6.90. The number of carbonyl (C=O) groups excluding carboxylic acids is 1. The monoisotopic (exact) mass is 333 g/mol. The van der Waals surface area contributed by atoms with E-state index in [1.54, 1.807) is 11.0 Å². The summed E-state index contributed by atoms with van der Waals surface area (Å²) in [5, 5.41) is 3.05. The van der Waals surface area contributed by atoms with Crippen LogP contribution in [0.15, 0.2) is 23.4 Å². The molecule has 0 bridgehead atoms. The number of nitrogens with two attached hydrogens (primary N) is 1. The number of carbonyl (C=O) groups is 1. The highest BCUT2D eigenvalue weighted by molar-refractivity contribution is 5.81. The summed E-state index contributed by atoms with van der Waals surface area (Å²) in [6.45, 7) is 6.41. The van der Waals surface area contributed by atoms with E-state index in [2.05, 4.69) is 5.18 Å². The van der Waals surface area contributed by atoms with Crippen molar-refractivity contribution >= 4 is 23.0 Å². The van der Waals surface area contributed by atoms with Crippen molar-refractivity contribution in [3.8, 4) is 5.75 Å². The first-order chi connectivity index (χ1) is 11.2. The topological polar surface area (TPSA) is 94.2 Å². The number of hydrogen-bond acceptors (Lipinski definition) is 6. The van der Waals surface area contributed by atoms with Gasteiger partial charge in [-0.25, -0.2) is 4.79 Å². The Morgan fingerprint density at radius 3 is 2.54 bits per heavy atom. The maximum atomic E-state index is 12.1. The average Bonchev–Trinajstić information content (AvgIpc) is 2.53. The maximum Gasteiger partial charge on any atom is 0.410 e. The van der Waals surface area contributed by atoms with Gasteiger partial charge in [0.2, 0.25) is 0 Å². The predicted octanol–water partition coefficient (Wildman–Crippen LogP) is 3.70. The molecule has 0 aliphatic carbocycles. The zero-order valence-corrected chi connectivity index (χ0v) is 14.5. The molecule has 1 aromatic carbocycles. The van der Waals surface area contributed by atoms with Gasteiger partial charge in [-0.3, -0.25) is 0 Å². The van der Waals surface area contributed by atoms with Crippen LogP contribution in [0.5, 0.6) is 5.75 Å². The summed E-state index contributed by atoms with van der Waals surface area (Å²) in [6, 6.07) is 3.21. The first-order valence-electron chi connectivity index (χ1n) is 7.73. The lowest BCUT2D eigenvalue weighted by Crippen LogP contribution is -2.39. The molecule has 7 nitrogen and oxygen atoms in total. The lowest BCUT2D eigenvalue weighted by atomic mass is 9.97. The van der Waals surface area contributed by atoms with Crippen LogP contribution < -0.4 is 10.5 Å². The van der Waals surface area contributed by atoms with Gasteiger partial charge in [-0.2, -0.15) is 0 Å². The summed E-state index contributed by atoms with van der Waals surface area (Å²) < 4.78 is 10.6. The maximum absolute atomic E-state index is 12.1. The van der Waals surface area contributed by atoms with Crippen LogP contribution in [0.3, 0.4) is 0 Å². The van der Waals surface area contributed by atoms with E-state index >= 15 is 0 Å². The van der Waals surface area contributed by atoms with Gasteiger partial charge in [0.15, 0.2) is 0 Å². The number of methoxy groups -OCH3 is 1. The van der Waals surface area contributed by atoms with Gasteiger partial charge in [-0.15, -0.1) is 4.91 Å². The van der Waals surface area contributed by atoms with Gasteiger partial charge in [0.1, 0.15) is 17.0 Å². The molecule has 0 saturated heterocycles. The van der Waals surface area contributed by atoms with E-state index in [-0.39, 0.29) is 11.8 Å². The standard InChI is InChI=1S/C17H23N3O4/c1-17(2,3)24-16(21)20-7-5-11(6-8-20)12-9-15(23-4)13(18)10-14(12)19-22/h5,9-10H,6-8,18H2,1-4H3. The van der Waals surface area contributed by atoms with Crippen LogP contribution in [-0.2, 0) is 4.74 Å². The molecule has 2 rings (SSSR count). The summed E-state index contributed by atoms with van der Waals surface area (Å²) in [5.74, 6) is 0.493. The number of hydrogen-bond donors (Lipinski definition) is 1. The molecule has 1 aromatic rings. The molecule has 0 radical (unpaired) electrons. The van der Waals surface area contributed by atoms with E-state index in [1.807, 2.05) is 26.8 Å².